The van der Waals surface area contributed by atoms with E-state index in [1.54, 1.807) is 22.7 Å². The first kappa shape index (κ1) is 12.8. The van der Waals surface area contributed by atoms with Gasteiger partial charge in [0.05, 0.1) is 6.54 Å². The van der Waals surface area contributed by atoms with Crippen molar-refractivity contribution in [2.45, 2.75) is 19.5 Å². The molecule has 0 saturated heterocycles. The van der Waals surface area contributed by atoms with Crippen LogP contribution in [0.3, 0.4) is 0 Å². The Morgan fingerprint density at radius 3 is 3.16 bits per heavy atom. The Morgan fingerprint density at radius 1 is 1.37 bits per heavy atom. The van der Waals surface area contributed by atoms with Gasteiger partial charge in [-0.15, -0.1) is 11.3 Å². The van der Waals surface area contributed by atoms with E-state index in [0.717, 1.165) is 26.1 Å². The molecule has 3 rings (SSSR count). The number of hydrogen-bond donors (Lipinski definition) is 1. The molecule has 0 spiro atoms. The second-order valence-corrected chi connectivity index (χ2v) is 6.45. The van der Waals surface area contributed by atoms with Crippen LogP contribution in [0.25, 0.3) is 0 Å². The van der Waals surface area contributed by atoms with Crippen molar-refractivity contribution < 1.29 is 4.79 Å². The maximum Gasteiger partial charge on any atom is 0.236 e. The van der Waals surface area contributed by atoms with Crippen molar-refractivity contribution in [3.05, 3.63) is 44.3 Å². The first-order valence-corrected chi connectivity index (χ1v) is 8.20. The normalized spacial score (nSPS) is 14.4. The zero-order valence-electron chi connectivity index (χ0n) is 10.6. The predicted octanol–water partition coefficient (Wildman–Crippen LogP) is 2.48. The number of nitrogens with zero attached hydrogens (tertiary/aromatic N) is 1. The molecule has 100 valence electrons. The first-order chi connectivity index (χ1) is 9.33. The summed E-state index contributed by atoms with van der Waals surface area (Å²) in [5.74, 6) is 0.201. The lowest BCUT2D eigenvalue weighted by molar-refractivity contribution is -0.131. The molecule has 19 heavy (non-hydrogen) atoms. The maximum atomic E-state index is 12.1. The number of hydrogen-bond acceptors (Lipinski definition) is 4. The van der Waals surface area contributed by atoms with Crippen LogP contribution >= 0.6 is 22.7 Å². The van der Waals surface area contributed by atoms with E-state index in [4.69, 9.17) is 0 Å². The van der Waals surface area contributed by atoms with Gasteiger partial charge in [0.25, 0.3) is 0 Å². The number of carbonyl (C=O) groups excluding carboxylic acids is 1. The number of fused-ring (bicyclic) bond motifs is 1. The molecule has 5 heteroatoms. The second kappa shape index (κ2) is 5.86. The fourth-order valence-electron chi connectivity index (χ4n) is 2.28. The summed E-state index contributed by atoms with van der Waals surface area (Å²) in [7, 11) is 0. The monoisotopic (exact) mass is 292 g/mol. The third-order valence-electron chi connectivity index (χ3n) is 3.35. The Kier molecular flexibility index (Phi) is 3.96. The van der Waals surface area contributed by atoms with Crippen molar-refractivity contribution in [2.75, 3.05) is 13.1 Å². The van der Waals surface area contributed by atoms with E-state index in [1.807, 2.05) is 4.90 Å². The molecule has 0 aliphatic carbocycles. The second-order valence-electron chi connectivity index (χ2n) is 4.67. The highest BCUT2D eigenvalue weighted by atomic mass is 32.1. The number of carbonyl (C=O) groups is 1. The molecule has 1 aliphatic rings. The summed E-state index contributed by atoms with van der Waals surface area (Å²) in [6.07, 6.45) is 1.00. The van der Waals surface area contributed by atoms with Crippen LogP contribution in [0.2, 0.25) is 0 Å². The Hall–Kier alpha value is -1.17. The molecule has 0 saturated carbocycles. The number of thiophene rings is 2. The number of amides is 1. The number of rotatable bonds is 4. The lowest BCUT2D eigenvalue weighted by atomic mass is 10.1. The van der Waals surface area contributed by atoms with Gasteiger partial charge in [-0.05, 0) is 45.8 Å². The molecular formula is C14H16N2OS2. The third-order valence-corrected chi connectivity index (χ3v) is 5.10. The standard InChI is InChI=1S/C14H16N2OS2/c17-14(8-15-7-11-2-5-18-10-11)16-4-1-13-12(9-16)3-6-19-13/h2-3,5-6,10,15H,1,4,7-9H2. The summed E-state index contributed by atoms with van der Waals surface area (Å²) >= 11 is 3.49. The summed E-state index contributed by atoms with van der Waals surface area (Å²) in [5, 5.41) is 9.50. The molecule has 0 bridgehead atoms. The van der Waals surface area contributed by atoms with Crippen LogP contribution in [-0.2, 0) is 24.3 Å². The van der Waals surface area contributed by atoms with Gasteiger partial charge < -0.3 is 10.2 Å². The molecule has 1 amide bonds. The lowest BCUT2D eigenvalue weighted by Crippen LogP contribution is -2.40. The highest BCUT2D eigenvalue weighted by Gasteiger charge is 2.20. The summed E-state index contributed by atoms with van der Waals surface area (Å²) in [4.78, 5) is 15.5. The van der Waals surface area contributed by atoms with Crippen LogP contribution in [0.5, 0.6) is 0 Å². The molecule has 0 unspecified atom stereocenters. The van der Waals surface area contributed by atoms with Crippen LogP contribution in [0.15, 0.2) is 28.3 Å². The van der Waals surface area contributed by atoms with Crippen LogP contribution < -0.4 is 5.32 Å². The minimum absolute atomic E-state index is 0.201. The van der Waals surface area contributed by atoms with Crippen LogP contribution in [-0.4, -0.2) is 23.9 Å². The zero-order valence-corrected chi connectivity index (χ0v) is 12.2. The molecular weight excluding hydrogens is 276 g/mol. The minimum atomic E-state index is 0.201. The van der Waals surface area contributed by atoms with Gasteiger partial charge in [0.15, 0.2) is 0 Å². The van der Waals surface area contributed by atoms with E-state index >= 15 is 0 Å². The molecule has 0 fully saturated rings. The van der Waals surface area contributed by atoms with E-state index in [-0.39, 0.29) is 5.91 Å². The van der Waals surface area contributed by atoms with Crippen LogP contribution in [0, 0.1) is 0 Å². The molecule has 3 nitrogen and oxygen atoms in total. The van der Waals surface area contributed by atoms with Crippen molar-refractivity contribution in [1.82, 2.24) is 10.2 Å². The summed E-state index contributed by atoms with van der Waals surface area (Å²) in [6, 6.07) is 4.22. The predicted molar refractivity (Wildman–Crippen MR) is 79.5 cm³/mol. The fourth-order valence-corrected chi connectivity index (χ4v) is 3.84. The summed E-state index contributed by atoms with van der Waals surface area (Å²) < 4.78 is 0. The smallest absolute Gasteiger partial charge is 0.236 e. The third kappa shape index (κ3) is 3.05. The Morgan fingerprint density at radius 2 is 2.32 bits per heavy atom. The molecule has 2 aromatic heterocycles. The van der Waals surface area contributed by atoms with E-state index in [0.29, 0.717) is 6.54 Å². The molecule has 0 radical (unpaired) electrons. The van der Waals surface area contributed by atoms with Crippen molar-refractivity contribution >= 4 is 28.6 Å². The van der Waals surface area contributed by atoms with E-state index in [1.165, 1.54) is 16.0 Å². The molecule has 2 aromatic rings. The van der Waals surface area contributed by atoms with Gasteiger partial charge in [0, 0.05) is 24.5 Å². The summed E-state index contributed by atoms with van der Waals surface area (Å²) in [6.45, 7) is 2.83. The van der Waals surface area contributed by atoms with Gasteiger partial charge in [0.1, 0.15) is 0 Å². The molecule has 3 heterocycles. The fraction of sp³-hybridized carbons (Fsp3) is 0.357. The molecule has 1 aliphatic heterocycles. The van der Waals surface area contributed by atoms with Gasteiger partial charge in [-0.2, -0.15) is 11.3 Å². The van der Waals surface area contributed by atoms with Crippen molar-refractivity contribution in [2.24, 2.45) is 0 Å². The Bertz CT molecular complexity index is 548. The van der Waals surface area contributed by atoms with Crippen molar-refractivity contribution in [3.8, 4) is 0 Å². The number of nitrogens with one attached hydrogen (secondary N) is 1. The van der Waals surface area contributed by atoms with Gasteiger partial charge in [-0.25, -0.2) is 0 Å². The minimum Gasteiger partial charge on any atom is -0.337 e. The lowest BCUT2D eigenvalue weighted by Gasteiger charge is -2.27. The van der Waals surface area contributed by atoms with E-state index in [9.17, 15) is 4.79 Å². The van der Waals surface area contributed by atoms with E-state index < -0.39 is 0 Å². The SMILES string of the molecule is O=C(CNCc1ccsc1)N1CCc2sccc2C1. The van der Waals surface area contributed by atoms with Gasteiger partial charge in [0.2, 0.25) is 5.91 Å². The highest BCUT2D eigenvalue weighted by molar-refractivity contribution is 7.10. The van der Waals surface area contributed by atoms with Gasteiger partial charge in [-0.1, -0.05) is 0 Å². The van der Waals surface area contributed by atoms with Gasteiger partial charge in [-0.3, -0.25) is 4.79 Å². The zero-order chi connectivity index (χ0) is 13.1. The maximum absolute atomic E-state index is 12.1. The Labute approximate surface area is 120 Å². The largest absolute Gasteiger partial charge is 0.337 e. The average Bonchev–Trinajstić information content (AvgIpc) is 3.08. The topological polar surface area (TPSA) is 32.3 Å². The van der Waals surface area contributed by atoms with Crippen molar-refractivity contribution in [3.63, 3.8) is 0 Å². The van der Waals surface area contributed by atoms with Crippen molar-refractivity contribution in [1.29, 1.82) is 0 Å². The van der Waals surface area contributed by atoms with Crippen LogP contribution in [0.4, 0.5) is 0 Å². The molecule has 0 atom stereocenters. The Balaban J connectivity index is 1.49. The summed E-state index contributed by atoms with van der Waals surface area (Å²) in [5.41, 5.74) is 2.57. The van der Waals surface area contributed by atoms with Crippen LogP contribution in [0.1, 0.15) is 16.0 Å². The first-order valence-electron chi connectivity index (χ1n) is 6.38. The molecule has 0 aromatic carbocycles. The molecule has 1 N–H and O–H groups in total. The highest BCUT2D eigenvalue weighted by Crippen LogP contribution is 2.23. The quantitative estimate of drug-likeness (QED) is 0.939. The van der Waals surface area contributed by atoms with Gasteiger partial charge >= 0.3 is 0 Å². The average molecular weight is 292 g/mol. The van der Waals surface area contributed by atoms with E-state index in [2.05, 4.69) is 33.6 Å².